The molecule has 2 fully saturated rings. The summed E-state index contributed by atoms with van der Waals surface area (Å²) in [4.78, 5) is 24.1. The van der Waals surface area contributed by atoms with Crippen molar-refractivity contribution in [2.75, 3.05) is 16.4 Å². The number of carbonyl (C=O) groups excluding carboxylic acids is 2. The third kappa shape index (κ3) is 5.06. The van der Waals surface area contributed by atoms with Crippen LogP contribution in [0.5, 0.6) is 0 Å². The van der Waals surface area contributed by atoms with Crippen LogP contribution < -0.4 is 16.0 Å². The van der Waals surface area contributed by atoms with Crippen LogP contribution in [0.25, 0.3) is 0 Å². The van der Waals surface area contributed by atoms with Gasteiger partial charge in [-0.05, 0) is 49.9 Å². The molecular weight excluding hydrogens is 350 g/mol. The third-order valence-corrected chi connectivity index (χ3v) is 6.81. The molecule has 3 N–H and O–H groups in total. The Hall–Kier alpha value is -1.89. The first-order valence-corrected chi connectivity index (χ1v) is 10.8. The minimum atomic E-state index is -0.897. The fourth-order valence-electron chi connectivity index (χ4n) is 3.35. The summed E-state index contributed by atoms with van der Waals surface area (Å²) in [5.74, 6) is 0.852. The van der Waals surface area contributed by atoms with Gasteiger partial charge in [0.25, 0.3) is 0 Å². The van der Waals surface area contributed by atoms with Crippen LogP contribution in [-0.4, -0.2) is 33.2 Å². The molecule has 0 bridgehead atoms. The zero-order chi connectivity index (χ0) is 18.5. The topological polar surface area (TPSA) is 87.3 Å². The van der Waals surface area contributed by atoms with Gasteiger partial charge in [-0.25, -0.2) is 4.79 Å². The number of hydrogen-bond donors (Lipinski definition) is 3. The average molecular weight is 378 g/mol. The predicted octanol–water partition coefficient (Wildman–Crippen LogP) is 3.24. The monoisotopic (exact) mass is 377 g/mol. The minimum absolute atomic E-state index is 0.0402. The van der Waals surface area contributed by atoms with Crippen molar-refractivity contribution in [1.29, 1.82) is 0 Å². The summed E-state index contributed by atoms with van der Waals surface area (Å²) in [6.45, 7) is 1.92. The zero-order valence-corrected chi connectivity index (χ0v) is 15.9. The molecule has 26 heavy (non-hydrogen) atoms. The molecule has 0 aromatic heterocycles. The van der Waals surface area contributed by atoms with Gasteiger partial charge in [-0.3, -0.25) is 9.00 Å². The van der Waals surface area contributed by atoms with Gasteiger partial charge in [0.2, 0.25) is 5.91 Å². The molecule has 0 heterocycles. The molecule has 0 unspecified atom stereocenters. The molecular formula is C19H27N3O3S. The van der Waals surface area contributed by atoms with E-state index < -0.39 is 10.8 Å². The van der Waals surface area contributed by atoms with Crippen LogP contribution in [0.3, 0.4) is 0 Å². The quantitative estimate of drug-likeness (QED) is 0.711. The number of benzene rings is 1. The molecule has 1 aromatic rings. The first-order valence-electron chi connectivity index (χ1n) is 9.42. The van der Waals surface area contributed by atoms with Crippen LogP contribution >= 0.6 is 0 Å². The highest BCUT2D eigenvalue weighted by molar-refractivity contribution is 7.85. The average Bonchev–Trinajstić information content (AvgIpc) is 3.48. The molecule has 0 radical (unpaired) electrons. The summed E-state index contributed by atoms with van der Waals surface area (Å²) in [6.07, 6.45) is 5.84. The lowest BCUT2D eigenvalue weighted by atomic mass is 9.95. The largest absolute Gasteiger partial charge is 0.334 e. The molecule has 2 aliphatic rings. The molecule has 6 nitrogen and oxygen atoms in total. The van der Waals surface area contributed by atoms with Gasteiger partial charge in [-0.2, -0.15) is 0 Å². The summed E-state index contributed by atoms with van der Waals surface area (Å²) in [6, 6.07) is 6.79. The van der Waals surface area contributed by atoms with E-state index in [0.29, 0.717) is 11.4 Å². The Morgan fingerprint density at radius 3 is 2.23 bits per heavy atom. The van der Waals surface area contributed by atoms with Gasteiger partial charge in [-0.15, -0.1) is 0 Å². The van der Waals surface area contributed by atoms with Crippen molar-refractivity contribution in [3.8, 4) is 0 Å². The van der Waals surface area contributed by atoms with E-state index >= 15 is 0 Å². The van der Waals surface area contributed by atoms with E-state index in [1.807, 2.05) is 6.92 Å². The zero-order valence-electron chi connectivity index (χ0n) is 15.1. The van der Waals surface area contributed by atoms with E-state index in [1.165, 1.54) is 0 Å². The summed E-state index contributed by atoms with van der Waals surface area (Å²) in [7, 11) is -0.897. The van der Waals surface area contributed by atoms with Crippen molar-refractivity contribution in [2.24, 2.45) is 5.92 Å². The molecule has 2 saturated carbocycles. The maximum absolute atomic E-state index is 12.3. The van der Waals surface area contributed by atoms with Gasteiger partial charge in [-0.1, -0.05) is 19.8 Å². The number of rotatable bonds is 6. The molecule has 0 aliphatic heterocycles. The Morgan fingerprint density at radius 2 is 1.62 bits per heavy atom. The van der Waals surface area contributed by atoms with Gasteiger partial charge < -0.3 is 16.0 Å². The van der Waals surface area contributed by atoms with Crippen molar-refractivity contribution in [3.63, 3.8) is 0 Å². The highest BCUT2D eigenvalue weighted by atomic mass is 32.2. The third-order valence-electron chi connectivity index (χ3n) is 5.00. The maximum Gasteiger partial charge on any atom is 0.319 e. The summed E-state index contributed by atoms with van der Waals surface area (Å²) in [5, 5.41) is 8.73. The Morgan fingerprint density at radius 1 is 1.00 bits per heavy atom. The standard InChI is InChI=1S/C19H27N3O3S/c1-2-26(25)17-6-4-3-5-16(17)22-19(24)21-15-11-9-14(10-12-15)20-18(23)13-7-8-13/h9-13,16-17H,2-8H2,1H3,(H,20,23)(H2,21,22,24)/t16-,17+,26+/m0/s1. The highest BCUT2D eigenvalue weighted by Gasteiger charge is 2.30. The van der Waals surface area contributed by atoms with Crippen molar-refractivity contribution in [2.45, 2.75) is 56.7 Å². The first-order chi connectivity index (χ1) is 12.6. The van der Waals surface area contributed by atoms with E-state index in [0.717, 1.165) is 44.2 Å². The lowest BCUT2D eigenvalue weighted by Crippen LogP contribution is -2.48. The molecule has 2 aliphatic carbocycles. The second-order valence-electron chi connectivity index (χ2n) is 7.04. The maximum atomic E-state index is 12.3. The Bertz CT molecular complexity index is 673. The van der Waals surface area contributed by atoms with Crippen LogP contribution in [0.1, 0.15) is 45.4 Å². The van der Waals surface area contributed by atoms with Crippen LogP contribution in [0, 0.1) is 5.92 Å². The van der Waals surface area contributed by atoms with Gasteiger partial charge >= 0.3 is 6.03 Å². The van der Waals surface area contributed by atoms with Crippen molar-refractivity contribution >= 4 is 34.1 Å². The predicted molar refractivity (Wildman–Crippen MR) is 105 cm³/mol. The molecule has 7 heteroatoms. The molecule has 1 aromatic carbocycles. The summed E-state index contributed by atoms with van der Waals surface area (Å²) < 4.78 is 12.2. The Balaban J connectivity index is 1.52. The molecule has 0 spiro atoms. The second-order valence-corrected chi connectivity index (χ2v) is 8.98. The van der Waals surface area contributed by atoms with Gasteiger partial charge in [0.05, 0.1) is 5.25 Å². The Kier molecular flexibility index (Phi) is 6.29. The first kappa shape index (κ1) is 18.9. The van der Waals surface area contributed by atoms with Crippen LogP contribution in [0.15, 0.2) is 24.3 Å². The lowest BCUT2D eigenvalue weighted by Gasteiger charge is -2.31. The number of carbonyl (C=O) groups is 2. The van der Waals surface area contributed by atoms with E-state index in [9.17, 15) is 13.8 Å². The number of anilines is 2. The number of urea groups is 1. The van der Waals surface area contributed by atoms with E-state index in [2.05, 4.69) is 16.0 Å². The van der Waals surface area contributed by atoms with E-state index in [1.54, 1.807) is 24.3 Å². The van der Waals surface area contributed by atoms with Gasteiger partial charge in [0.1, 0.15) is 0 Å². The highest BCUT2D eigenvalue weighted by Crippen LogP contribution is 2.30. The normalized spacial score (nSPS) is 23.7. The SMILES string of the molecule is CC[S@@](=O)[C@@H]1CCCC[C@@H]1NC(=O)Nc1ccc(NC(=O)C2CC2)cc1. The fourth-order valence-corrected chi connectivity index (χ4v) is 4.78. The molecule has 142 valence electrons. The van der Waals surface area contributed by atoms with E-state index in [-0.39, 0.29) is 29.1 Å². The van der Waals surface area contributed by atoms with Crippen molar-refractivity contribution in [3.05, 3.63) is 24.3 Å². The second kappa shape index (κ2) is 8.66. The van der Waals surface area contributed by atoms with E-state index in [4.69, 9.17) is 0 Å². The smallest absolute Gasteiger partial charge is 0.319 e. The number of hydrogen-bond acceptors (Lipinski definition) is 3. The van der Waals surface area contributed by atoms with Gasteiger partial charge in [0.15, 0.2) is 0 Å². The van der Waals surface area contributed by atoms with Crippen LogP contribution in [0.4, 0.5) is 16.2 Å². The van der Waals surface area contributed by atoms with Gasteiger partial charge in [0, 0.05) is 39.9 Å². The molecule has 0 saturated heterocycles. The summed E-state index contributed by atoms with van der Waals surface area (Å²) in [5.41, 5.74) is 1.40. The minimum Gasteiger partial charge on any atom is -0.334 e. The van der Waals surface area contributed by atoms with Crippen LogP contribution in [0.2, 0.25) is 0 Å². The molecule has 3 amide bonds. The van der Waals surface area contributed by atoms with Crippen molar-refractivity contribution in [1.82, 2.24) is 5.32 Å². The number of amides is 3. The number of nitrogens with one attached hydrogen (secondary N) is 3. The van der Waals surface area contributed by atoms with Crippen molar-refractivity contribution < 1.29 is 13.8 Å². The van der Waals surface area contributed by atoms with Crippen LogP contribution in [-0.2, 0) is 15.6 Å². The molecule has 3 atom stereocenters. The fraction of sp³-hybridized carbons (Fsp3) is 0.579. The summed E-state index contributed by atoms with van der Waals surface area (Å²) >= 11 is 0. The lowest BCUT2D eigenvalue weighted by molar-refractivity contribution is -0.117. The Labute approximate surface area is 157 Å². The molecule has 3 rings (SSSR count).